The Labute approximate surface area is 138 Å². The highest BCUT2D eigenvalue weighted by Crippen LogP contribution is 2.14. The standard InChI is InChI=1S/C18H28N2O3/c1-18(2,3)20-17(21)19-12-14-5-4-6-15(11-14)13-23-16-7-9-22-10-8-16/h4-6,11,16H,7-10,12-13H2,1-3H3,(H2,19,20,21). The molecule has 2 N–H and O–H groups in total. The van der Waals surface area contributed by atoms with E-state index in [1.54, 1.807) is 0 Å². The van der Waals surface area contributed by atoms with Gasteiger partial charge >= 0.3 is 6.03 Å². The number of ether oxygens (including phenoxy) is 2. The van der Waals surface area contributed by atoms with Gasteiger partial charge in [0, 0.05) is 25.3 Å². The molecule has 1 fully saturated rings. The lowest BCUT2D eigenvalue weighted by Gasteiger charge is -2.22. The monoisotopic (exact) mass is 320 g/mol. The predicted octanol–water partition coefficient (Wildman–Crippen LogP) is 2.98. The van der Waals surface area contributed by atoms with Gasteiger partial charge in [-0.05, 0) is 44.7 Å². The SMILES string of the molecule is CC(C)(C)NC(=O)NCc1cccc(COC2CCOCC2)c1. The second-order valence-corrected chi connectivity index (χ2v) is 7.00. The number of amides is 2. The average Bonchev–Trinajstić information content (AvgIpc) is 2.51. The molecule has 0 bridgehead atoms. The van der Waals surface area contributed by atoms with Crippen LogP contribution < -0.4 is 10.6 Å². The minimum Gasteiger partial charge on any atom is -0.381 e. The van der Waals surface area contributed by atoms with Crippen LogP contribution in [0.2, 0.25) is 0 Å². The number of hydrogen-bond donors (Lipinski definition) is 2. The molecule has 1 saturated heterocycles. The van der Waals surface area contributed by atoms with Crippen LogP contribution >= 0.6 is 0 Å². The van der Waals surface area contributed by atoms with Crippen molar-refractivity contribution in [2.45, 2.75) is 58.4 Å². The van der Waals surface area contributed by atoms with Gasteiger partial charge in [-0.3, -0.25) is 0 Å². The second-order valence-electron chi connectivity index (χ2n) is 7.00. The first-order chi connectivity index (χ1) is 10.9. The molecular weight excluding hydrogens is 292 g/mol. The third-order valence-corrected chi connectivity index (χ3v) is 3.59. The van der Waals surface area contributed by atoms with Crippen LogP contribution in [0.1, 0.15) is 44.7 Å². The Morgan fingerprint density at radius 1 is 1.26 bits per heavy atom. The third-order valence-electron chi connectivity index (χ3n) is 3.59. The van der Waals surface area contributed by atoms with E-state index in [9.17, 15) is 4.79 Å². The van der Waals surface area contributed by atoms with Crippen LogP contribution in [0.15, 0.2) is 24.3 Å². The molecule has 128 valence electrons. The predicted molar refractivity (Wildman–Crippen MR) is 90.2 cm³/mol. The highest BCUT2D eigenvalue weighted by Gasteiger charge is 2.14. The molecule has 1 aromatic rings. The zero-order valence-corrected chi connectivity index (χ0v) is 14.4. The molecule has 5 nitrogen and oxygen atoms in total. The molecule has 2 rings (SSSR count). The van der Waals surface area contributed by atoms with Gasteiger partial charge in [-0.25, -0.2) is 4.79 Å². The lowest BCUT2D eigenvalue weighted by Crippen LogP contribution is -2.46. The summed E-state index contributed by atoms with van der Waals surface area (Å²) < 4.78 is 11.3. The van der Waals surface area contributed by atoms with Crippen LogP contribution in [0.4, 0.5) is 4.79 Å². The number of urea groups is 1. The Hall–Kier alpha value is -1.59. The molecule has 1 heterocycles. The van der Waals surface area contributed by atoms with Crippen molar-refractivity contribution < 1.29 is 14.3 Å². The van der Waals surface area contributed by atoms with E-state index in [-0.39, 0.29) is 11.6 Å². The van der Waals surface area contributed by atoms with Crippen LogP contribution in [-0.4, -0.2) is 30.9 Å². The van der Waals surface area contributed by atoms with Gasteiger partial charge in [0.25, 0.3) is 0 Å². The molecule has 0 atom stereocenters. The van der Waals surface area contributed by atoms with Gasteiger partial charge in [0.1, 0.15) is 0 Å². The van der Waals surface area contributed by atoms with Gasteiger partial charge in [-0.15, -0.1) is 0 Å². The molecule has 23 heavy (non-hydrogen) atoms. The summed E-state index contributed by atoms with van der Waals surface area (Å²) in [5.41, 5.74) is 1.97. The Bertz CT molecular complexity index is 505. The fourth-order valence-corrected chi connectivity index (χ4v) is 2.45. The van der Waals surface area contributed by atoms with Gasteiger partial charge < -0.3 is 20.1 Å². The number of rotatable bonds is 5. The molecule has 1 aliphatic heterocycles. The van der Waals surface area contributed by atoms with Crippen molar-refractivity contribution >= 4 is 6.03 Å². The van der Waals surface area contributed by atoms with Crippen LogP contribution in [0.25, 0.3) is 0 Å². The van der Waals surface area contributed by atoms with Crippen molar-refractivity contribution in [1.82, 2.24) is 10.6 Å². The first kappa shape index (κ1) is 17.8. The molecule has 1 aliphatic rings. The highest BCUT2D eigenvalue weighted by molar-refractivity contribution is 5.74. The smallest absolute Gasteiger partial charge is 0.315 e. The largest absolute Gasteiger partial charge is 0.381 e. The Balaban J connectivity index is 1.78. The summed E-state index contributed by atoms with van der Waals surface area (Å²) in [6.07, 6.45) is 2.23. The van der Waals surface area contributed by atoms with E-state index in [1.165, 1.54) is 0 Å². The highest BCUT2D eigenvalue weighted by atomic mass is 16.5. The summed E-state index contributed by atoms with van der Waals surface area (Å²) >= 11 is 0. The van der Waals surface area contributed by atoms with Gasteiger partial charge in [0.15, 0.2) is 0 Å². The Morgan fingerprint density at radius 2 is 1.96 bits per heavy atom. The van der Waals surface area contributed by atoms with Crippen LogP contribution in [0.5, 0.6) is 0 Å². The first-order valence-corrected chi connectivity index (χ1v) is 8.25. The molecule has 0 spiro atoms. The maximum absolute atomic E-state index is 11.8. The van der Waals surface area contributed by atoms with Crippen molar-refractivity contribution in [2.24, 2.45) is 0 Å². The molecule has 5 heteroatoms. The third kappa shape index (κ3) is 7.01. The van der Waals surface area contributed by atoms with Gasteiger partial charge in [0.2, 0.25) is 0 Å². The molecule has 0 aromatic heterocycles. The molecule has 2 amide bonds. The van der Waals surface area contributed by atoms with Crippen molar-refractivity contribution in [3.05, 3.63) is 35.4 Å². The maximum Gasteiger partial charge on any atom is 0.315 e. The summed E-state index contributed by atoms with van der Waals surface area (Å²) in [5.74, 6) is 0. The number of benzene rings is 1. The minimum absolute atomic E-state index is 0.152. The van der Waals surface area contributed by atoms with E-state index in [0.717, 1.165) is 37.2 Å². The Kier molecular flexibility index (Phi) is 6.42. The molecule has 0 radical (unpaired) electrons. The van der Waals surface area contributed by atoms with Crippen LogP contribution in [0.3, 0.4) is 0 Å². The molecule has 0 unspecified atom stereocenters. The van der Waals surface area contributed by atoms with E-state index in [0.29, 0.717) is 19.3 Å². The first-order valence-electron chi connectivity index (χ1n) is 8.25. The van der Waals surface area contributed by atoms with Gasteiger partial charge in [0.05, 0.1) is 12.7 Å². The summed E-state index contributed by atoms with van der Waals surface area (Å²) in [7, 11) is 0. The van der Waals surface area contributed by atoms with E-state index >= 15 is 0 Å². The lowest BCUT2D eigenvalue weighted by atomic mass is 10.1. The zero-order valence-electron chi connectivity index (χ0n) is 14.4. The summed E-state index contributed by atoms with van der Waals surface area (Å²) in [4.78, 5) is 11.8. The van der Waals surface area contributed by atoms with Crippen molar-refractivity contribution in [1.29, 1.82) is 0 Å². The fourth-order valence-electron chi connectivity index (χ4n) is 2.45. The van der Waals surface area contributed by atoms with Crippen molar-refractivity contribution in [3.8, 4) is 0 Å². The van der Waals surface area contributed by atoms with Gasteiger partial charge in [-0.2, -0.15) is 0 Å². The molecule has 0 saturated carbocycles. The molecule has 0 aliphatic carbocycles. The molecule has 1 aromatic carbocycles. The van der Waals surface area contributed by atoms with E-state index < -0.39 is 0 Å². The van der Waals surface area contributed by atoms with E-state index in [4.69, 9.17) is 9.47 Å². The van der Waals surface area contributed by atoms with Crippen LogP contribution in [0, 0.1) is 0 Å². The summed E-state index contributed by atoms with van der Waals surface area (Å²) in [5, 5.41) is 5.77. The summed E-state index contributed by atoms with van der Waals surface area (Å²) in [6, 6.07) is 7.99. The summed E-state index contributed by atoms with van der Waals surface area (Å²) in [6.45, 7) is 8.57. The lowest BCUT2D eigenvalue weighted by molar-refractivity contribution is -0.0390. The number of carbonyl (C=O) groups excluding carboxylic acids is 1. The zero-order chi connectivity index (χ0) is 16.7. The topological polar surface area (TPSA) is 59.6 Å². The molecular formula is C18H28N2O3. The number of carbonyl (C=O) groups is 1. The Morgan fingerprint density at radius 3 is 2.65 bits per heavy atom. The van der Waals surface area contributed by atoms with Crippen molar-refractivity contribution in [3.63, 3.8) is 0 Å². The van der Waals surface area contributed by atoms with E-state index in [1.807, 2.05) is 32.9 Å². The average molecular weight is 320 g/mol. The van der Waals surface area contributed by atoms with E-state index in [2.05, 4.69) is 22.8 Å². The van der Waals surface area contributed by atoms with Crippen molar-refractivity contribution in [2.75, 3.05) is 13.2 Å². The normalized spacial score (nSPS) is 16.1. The van der Waals surface area contributed by atoms with Crippen LogP contribution in [-0.2, 0) is 22.6 Å². The van der Waals surface area contributed by atoms with Gasteiger partial charge in [-0.1, -0.05) is 24.3 Å². The maximum atomic E-state index is 11.8. The fraction of sp³-hybridized carbons (Fsp3) is 0.611. The quantitative estimate of drug-likeness (QED) is 0.877. The number of hydrogen-bond acceptors (Lipinski definition) is 3. The number of nitrogens with one attached hydrogen (secondary N) is 2. The second kappa shape index (κ2) is 8.31. The minimum atomic E-state index is -0.233.